The first kappa shape index (κ1) is 12.8. The van der Waals surface area contributed by atoms with Gasteiger partial charge in [0.1, 0.15) is 5.56 Å². The van der Waals surface area contributed by atoms with Gasteiger partial charge in [0.05, 0.1) is 5.54 Å². The van der Waals surface area contributed by atoms with Crippen LogP contribution < -0.4 is 16.5 Å². The van der Waals surface area contributed by atoms with E-state index >= 15 is 0 Å². The Morgan fingerprint density at radius 2 is 2.24 bits per heavy atom. The molecule has 0 saturated heterocycles. The SMILES string of the molecule is CC(C)(NC(=O)c1c[nH]ccc1=O)/C(N)=N/O. The maximum absolute atomic E-state index is 11.8. The number of aromatic nitrogens is 1. The van der Waals surface area contributed by atoms with Crippen LogP contribution in [0, 0.1) is 0 Å². The van der Waals surface area contributed by atoms with Crippen LogP contribution in [0.2, 0.25) is 0 Å². The second-order valence-electron chi connectivity index (χ2n) is 3.99. The summed E-state index contributed by atoms with van der Waals surface area (Å²) in [6, 6.07) is 1.24. The van der Waals surface area contributed by atoms with Crippen LogP contribution in [0.1, 0.15) is 24.2 Å². The van der Waals surface area contributed by atoms with Crippen molar-refractivity contribution in [2.24, 2.45) is 10.9 Å². The van der Waals surface area contributed by atoms with Crippen molar-refractivity contribution in [1.29, 1.82) is 0 Å². The average molecular weight is 238 g/mol. The lowest BCUT2D eigenvalue weighted by Crippen LogP contribution is -2.53. The number of hydrogen-bond acceptors (Lipinski definition) is 4. The van der Waals surface area contributed by atoms with Gasteiger partial charge in [0.15, 0.2) is 11.3 Å². The second-order valence-corrected chi connectivity index (χ2v) is 3.99. The summed E-state index contributed by atoms with van der Waals surface area (Å²) in [5, 5.41) is 13.9. The molecule has 0 saturated carbocycles. The van der Waals surface area contributed by atoms with Gasteiger partial charge in [-0.05, 0) is 13.8 Å². The zero-order valence-corrected chi connectivity index (χ0v) is 9.52. The third-order valence-electron chi connectivity index (χ3n) is 2.24. The lowest BCUT2D eigenvalue weighted by Gasteiger charge is -2.24. The van der Waals surface area contributed by atoms with Crippen LogP contribution in [0.3, 0.4) is 0 Å². The van der Waals surface area contributed by atoms with E-state index in [1.165, 1.54) is 18.5 Å². The number of nitrogens with zero attached hydrogens (tertiary/aromatic N) is 1. The van der Waals surface area contributed by atoms with Crippen LogP contribution >= 0.6 is 0 Å². The maximum Gasteiger partial charge on any atom is 0.257 e. The summed E-state index contributed by atoms with van der Waals surface area (Å²) in [5.74, 6) is -0.748. The molecule has 0 aromatic carbocycles. The van der Waals surface area contributed by atoms with Crippen LogP contribution in [0.15, 0.2) is 28.4 Å². The number of hydrogen-bond donors (Lipinski definition) is 4. The second kappa shape index (κ2) is 4.69. The van der Waals surface area contributed by atoms with Crippen molar-refractivity contribution < 1.29 is 10.0 Å². The summed E-state index contributed by atoms with van der Waals surface area (Å²) in [6.07, 6.45) is 2.72. The van der Waals surface area contributed by atoms with E-state index in [1.807, 2.05) is 0 Å². The van der Waals surface area contributed by atoms with Gasteiger partial charge in [-0.1, -0.05) is 5.16 Å². The van der Waals surface area contributed by atoms with Gasteiger partial charge >= 0.3 is 0 Å². The fourth-order valence-electron chi connectivity index (χ4n) is 1.13. The molecule has 0 aliphatic carbocycles. The third kappa shape index (κ3) is 2.83. The van der Waals surface area contributed by atoms with Crippen LogP contribution in [0.4, 0.5) is 0 Å². The molecule has 1 heterocycles. The molecule has 0 radical (unpaired) electrons. The minimum Gasteiger partial charge on any atom is -0.409 e. The zero-order valence-electron chi connectivity index (χ0n) is 9.52. The first-order valence-corrected chi connectivity index (χ1v) is 4.86. The molecule has 92 valence electrons. The van der Waals surface area contributed by atoms with E-state index in [1.54, 1.807) is 13.8 Å². The Labute approximate surface area is 97.3 Å². The van der Waals surface area contributed by atoms with Crippen LogP contribution in [-0.2, 0) is 0 Å². The van der Waals surface area contributed by atoms with Gasteiger partial charge in [-0.3, -0.25) is 9.59 Å². The van der Waals surface area contributed by atoms with Crippen molar-refractivity contribution in [1.82, 2.24) is 10.3 Å². The van der Waals surface area contributed by atoms with E-state index in [2.05, 4.69) is 15.5 Å². The Morgan fingerprint density at radius 1 is 1.59 bits per heavy atom. The number of oxime groups is 1. The molecule has 0 spiro atoms. The molecule has 0 fully saturated rings. The molecule has 5 N–H and O–H groups in total. The highest BCUT2D eigenvalue weighted by Gasteiger charge is 2.26. The molecule has 0 aliphatic heterocycles. The largest absolute Gasteiger partial charge is 0.409 e. The van der Waals surface area contributed by atoms with Crippen molar-refractivity contribution in [3.8, 4) is 0 Å². The van der Waals surface area contributed by atoms with Crippen LogP contribution in [0.5, 0.6) is 0 Å². The number of aromatic amines is 1. The van der Waals surface area contributed by atoms with E-state index in [-0.39, 0.29) is 11.4 Å². The van der Waals surface area contributed by atoms with Crippen molar-refractivity contribution >= 4 is 11.7 Å². The van der Waals surface area contributed by atoms with E-state index in [4.69, 9.17) is 10.9 Å². The standard InChI is InChI=1S/C10H14N4O3/c1-10(2,9(11)14-17)13-8(16)6-5-12-4-3-7(6)15/h3-5,17H,1-2H3,(H2,11,14)(H,12,15)(H,13,16). The Balaban J connectivity index is 2.95. The Hall–Kier alpha value is -2.31. The summed E-state index contributed by atoms with van der Waals surface area (Å²) < 4.78 is 0. The van der Waals surface area contributed by atoms with E-state index in [0.717, 1.165) is 0 Å². The Kier molecular flexibility index (Phi) is 3.52. The van der Waals surface area contributed by atoms with Gasteiger partial charge in [-0.15, -0.1) is 0 Å². The fraction of sp³-hybridized carbons (Fsp3) is 0.300. The number of nitrogens with one attached hydrogen (secondary N) is 2. The molecule has 0 atom stereocenters. The molecule has 17 heavy (non-hydrogen) atoms. The molecule has 0 unspecified atom stereocenters. The smallest absolute Gasteiger partial charge is 0.257 e. The number of H-pyrrole nitrogens is 1. The van der Waals surface area contributed by atoms with Gasteiger partial charge in [-0.25, -0.2) is 0 Å². The lowest BCUT2D eigenvalue weighted by atomic mass is 10.0. The highest BCUT2D eigenvalue weighted by Crippen LogP contribution is 2.03. The first-order chi connectivity index (χ1) is 7.88. The first-order valence-electron chi connectivity index (χ1n) is 4.86. The summed E-state index contributed by atoms with van der Waals surface area (Å²) in [5.41, 5.74) is 3.93. The number of nitrogens with two attached hydrogens (primary N) is 1. The number of amidine groups is 1. The molecule has 0 bridgehead atoms. The number of pyridine rings is 1. The number of rotatable bonds is 3. The van der Waals surface area contributed by atoms with Gasteiger partial charge in [0, 0.05) is 18.5 Å². The van der Waals surface area contributed by atoms with Gasteiger partial charge in [0.2, 0.25) is 0 Å². The lowest BCUT2D eigenvalue weighted by molar-refractivity contribution is 0.0929. The van der Waals surface area contributed by atoms with Gasteiger partial charge < -0.3 is 21.2 Å². The number of carbonyl (C=O) groups excluding carboxylic acids is 1. The van der Waals surface area contributed by atoms with Crippen LogP contribution in [-0.4, -0.2) is 27.5 Å². The van der Waals surface area contributed by atoms with E-state index in [9.17, 15) is 9.59 Å². The monoisotopic (exact) mass is 238 g/mol. The zero-order chi connectivity index (χ0) is 13.1. The molecule has 7 heteroatoms. The van der Waals surface area contributed by atoms with Gasteiger partial charge in [0.25, 0.3) is 5.91 Å². The summed E-state index contributed by atoms with van der Waals surface area (Å²) in [6.45, 7) is 3.11. The predicted octanol–water partition coefficient (Wildman–Crippen LogP) is -0.370. The highest BCUT2D eigenvalue weighted by atomic mass is 16.4. The molecular weight excluding hydrogens is 224 g/mol. The van der Waals surface area contributed by atoms with Gasteiger partial charge in [-0.2, -0.15) is 0 Å². The molecule has 1 amide bonds. The highest BCUT2D eigenvalue weighted by molar-refractivity contribution is 5.99. The Morgan fingerprint density at radius 3 is 2.76 bits per heavy atom. The topological polar surface area (TPSA) is 121 Å². The predicted molar refractivity (Wildman–Crippen MR) is 62.0 cm³/mol. The quantitative estimate of drug-likeness (QED) is 0.248. The molecule has 0 aliphatic rings. The molecular formula is C10H14N4O3. The normalized spacial score (nSPS) is 12.2. The molecule has 1 rings (SSSR count). The van der Waals surface area contributed by atoms with E-state index in [0.29, 0.717) is 0 Å². The van der Waals surface area contributed by atoms with E-state index < -0.39 is 16.9 Å². The third-order valence-corrected chi connectivity index (χ3v) is 2.24. The maximum atomic E-state index is 11.8. The van der Waals surface area contributed by atoms with Crippen molar-refractivity contribution in [3.63, 3.8) is 0 Å². The van der Waals surface area contributed by atoms with Crippen molar-refractivity contribution in [2.75, 3.05) is 0 Å². The Bertz CT molecular complexity index is 504. The summed E-state index contributed by atoms with van der Waals surface area (Å²) >= 11 is 0. The van der Waals surface area contributed by atoms with Crippen molar-refractivity contribution in [2.45, 2.75) is 19.4 Å². The summed E-state index contributed by atoms with van der Waals surface area (Å²) in [7, 11) is 0. The molecule has 7 nitrogen and oxygen atoms in total. The molecule has 1 aromatic rings. The minimum absolute atomic E-state index is 0.0358. The van der Waals surface area contributed by atoms with Crippen molar-refractivity contribution in [3.05, 3.63) is 34.2 Å². The number of amides is 1. The molecule has 1 aromatic heterocycles. The summed E-state index contributed by atoms with van der Waals surface area (Å²) in [4.78, 5) is 25.8. The minimum atomic E-state index is -1.05. The van der Waals surface area contributed by atoms with Crippen LogP contribution in [0.25, 0.3) is 0 Å². The fourth-order valence-corrected chi connectivity index (χ4v) is 1.13. The number of carbonyl (C=O) groups is 1. The average Bonchev–Trinajstić information content (AvgIpc) is 2.27.